The van der Waals surface area contributed by atoms with Crippen LogP contribution in [0.25, 0.3) is 0 Å². The molecule has 5 aliphatic rings. The number of aliphatic hydroxyl groups excluding tert-OH is 1. The molecule has 318 valence electrons. The summed E-state index contributed by atoms with van der Waals surface area (Å²) in [6.45, 7) is 22.6. The zero-order chi connectivity index (χ0) is 42.1. The average molecular weight is 810 g/mol. The number of aliphatic carboxylic acids is 1. The number of carbonyl (C=O) groups excluding carboxylic acids is 2. The number of carboxylic acids is 1. The number of fused-ring (bicyclic) bond motifs is 7. The number of Topliss-reactive ketones (excluding diaryl/α,β-unsaturated/α-hetero) is 1. The van der Waals surface area contributed by atoms with Gasteiger partial charge in [-0.25, -0.2) is 0 Å². The third-order valence-corrected chi connectivity index (χ3v) is 17.4. The van der Waals surface area contributed by atoms with Crippen molar-refractivity contribution in [1.29, 1.82) is 0 Å². The van der Waals surface area contributed by atoms with Gasteiger partial charge in [-0.2, -0.15) is 0 Å². The molecule has 0 heterocycles. The Morgan fingerprint density at radius 2 is 1.58 bits per heavy atom. The van der Waals surface area contributed by atoms with E-state index in [2.05, 4.69) is 84.5 Å². The summed E-state index contributed by atoms with van der Waals surface area (Å²) in [5, 5.41) is 23.0. The van der Waals surface area contributed by atoms with E-state index in [-0.39, 0.29) is 51.8 Å². The molecule has 0 aliphatic heterocycles. The highest BCUT2D eigenvalue weighted by Crippen LogP contribution is 2.77. The second-order valence-corrected chi connectivity index (χ2v) is 22.2. The number of rotatable bonds is 13. The van der Waals surface area contributed by atoms with Gasteiger partial charge in [-0.3, -0.25) is 19.3 Å². The summed E-state index contributed by atoms with van der Waals surface area (Å²) in [5.74, 6) is 0.00261. The summed E-state index contributed by atoms with van der Waals surface area (Å²) < 4.78 is 6.20. The number of benzene rings is 1. The Bertz CT molecular complexity index is 1740. The first-order valence-electron chi connectivity index (χ1n) is 21.9. The van der Waals surface area contributed by atoms with E-state index in [9.17, 15) is 24.6 Å². The van der Waals surface area contributed by atoms with Crippen molar-refractivity contribution in [2.24, 2.45) is 56.2 Å². The van der Waals surface area contributed by atoms with Gasteiger partial charge in [0.2, 0.25) is 0 Å². The lowest BCUT2D eigenvalue weighted by Crippen LogP contribution is -2.66. The summed E-state index contributed by atoms with van der Waals surface area (Å²) in [4.78, 5) is 43.8. The highest BCUT2D eigenvalue weighted by Gasteiger charge is 2.71. The van der Waals surface area contributed by atoms with Gasteiger partial charge in [0.15, 0.2) is 5.78 Å². The van der Waals surface area contributed by atoms with Crippen molar-refractivity contribution < 1.29 is 29.3 Å². The van der Waals surface area contributed by atoms with Crippen LogP contribution in [-0.2, 0) is 25.7 Å². The fraction of sp³-hybridized carbons (Fsp3) is 0.771. The second kappa shape index (κ2) is 15.6. The SMILES string of the molecule is CC(C)C1=C2[C@H]3CC[C@@H]4[C@@]5(C)CC[C@H](OC(=O)CC(C)(C)C(=O)O)C(C)(C)[C@@H]5CC[C@@]4(C)[C@]3(C)CC[C@]2([C@H](O)CN(CCN(C)C)Cc2ccc(Cl)cc2)CC1=O. The van der Waals surface area contributed by atoms with Gasteiger partial charge in [-0.1, -0.05) is 77.8 Å². The molecular formula is C48H73ClN2O6. The fourth-order valence-electron chi connectivity index (χ4n) is 13.8. The molecule has 57 heavy (non-hydrogen) atoms. The molecule has 0 spiro atoms. The molecule has 9 heteroatoms. The number of ketones is 1. The molecule has 1 aromatic carbocycles. The predicted octanol–water partition coefficient (Wildman–Crippen LogP) is 9.46. The molecule has 9 atom stereocenters. The van der Waals surface area contributed by atoms with Crippen molar-refractivity contribution in [3.63, 3.8) is 0 Å². The third-order valence-electron chi connectivity index (χ3n) is 17.1. The zero-order valence-corrected chi connectivity index (χ0v) is 37.7. The number of likely N-dealkylation sites (N-methyl/N-ethyl adjacent to an activating group) is 1. The van der Waals surface area contributed by atoms with E-state index >= 15 is 0 Å². The summed E-state index contributed by atoms with van der Waals surface area (Å²) in [6, 6.07) is 8.00. The third kappa shape index (κ3) is 7.58. The van der Waals surface area contributed by atoms with Crippen LogP contribution < -0.4 is 0 Å². The molecule has 0 amide bonds. The van der Waals surface area contributed by atoms with Crippen molar-refractivity contribution in [1.82, 2.24) is 9.80 Å². The Morgan fingerprint density at radius 1 is 0.912 bits per heavy atom. The van der Waals surface area contributed by atoms with Crippen LogP contribution >= 0.6 is 11.6 Å². The van der Waals surface area contributed by atoms with Crippen molar-refractivity contribution in [2.75, 3.05) is 33.7 Å². The van der Waals surface area contributed by atoms with Gasteiger partial charge in [0.25, 0.3) is 0 Å². The lowest BCUT2D eigenvalue weighted by Gasteiger charge is -2.72. The maximum atomic E-state index is 14.3. The summed E-state index contributed by atoms with van der Waals surface area (Å²) in [6.07, 6.45) is 7.13. The topological polar surface area (TPSA) is 107 Å². The summed E-state index contributed by atoms with van der Waals surface area (Å²) >= 11 is 6.24. The molecule has 4 saturated carbocycles. The Morgan fingerprint density at radius 3 is 2.19 bits per heavy atom. The van der Waals surface area contributed by atoms with E-state index in [1.807, 2.05) is 12.1 Å². The Hall–Kier alpha value is -2.26. The van der Waals surface area contributed by atoms with Crippen molar-refractivity contribution in [3.8, 4) is 0 Å². The maximum absolute atomic E-state index is 14.3. The highest BCUT2D eigenvalue weighted by atomic mass is 35.5. The minimum absolute atomic E-state index is 0.0308. The normalized spacial score (nSPS) is 35.5. The minimum atomic E-state index is -1.17. The number of hydrogen-bond acceptors (Lipinski definition) is 7. The minimum Gasteiger partial charge on any atom is -0.481 e. The molecule has 0 saturated heterocycles. The first-order valence-corrected chi connectivity index (χ1v) is 22.3. The zero-order valence-electron chi connectivity index (χ0n) is 37.0. The monoisotopic (exact) mass is 809 g/mol. The number of carboxylic acid groups (broad SMARTS) is 1. The highest BCUT2D eigenvalue weighted by molar-refractivity contribution is 6.30. The van der Waals surface area contributed by atoms with E-state index in [0.717, 1.165) is 75.6 Å². The number of allylic oxidation sites excluding steroid dienone is 1. The van der Waals surface area contributed by atoms with Gasteiger partial charge >= 0.3 is 11.9 Å². The molecule has 0 radical (unpaired) electrons. The molecule has 0 aromatic heterocycles. The Kier molecular flexibility index (Phi) is 12.2. The average Bonchev–Trinajstić information content (AvgIpc) is 3.42. The van der Waals surface area contributed by atoms with Crippen LogP contribution in [0.15, 0.2) is 35.4 Å². The standard InChI is InChI=1S/C48H73ClN2O6/c1-30(2)40-34(52)26-48(37(53)29-51(25-24-50(10)11)28-31-12-14-32(49)15-13-31)23-22-46(8)33(41(40)48)16-17-36-45(7)20-19-38(57-39(54)27-43(3,4)42(55)56)44(5,6)35(45)18-21-47(36,46)9/h12-15,30,33,35-38,53H,16-29H2,1-11H3,(H,55,56)/t33-,35+,36-,37-,38+,45+,46-,47-,48-/m1/s1. The fourth-order valence-corrected chi connectivity index (χ4v) is 13.9. The molecule has 4 fully saturated rings. The van der Waals surface area contributed by atoms with Crippen LogP contribution in [0.2, 0.25) is 5.02 Å². The molecule has 6 rings (SSSR count). The summed E-state index contributed by atoms with van der Waals surface area (Å²) in [5.41, 5.74) is 1.54. The summed E-state index contributed by atoms with van der Waals surface area (Å²) in [7, 11) is 4.17. The van der Waals surface area contributed by atoms with Crippen LogP contribution in [0.4, 0.5) is 0 Å². The van der Waals surface area contributed by atoms with E-state index in [1.54, 1.807) is 13.8 Å². The first kappa shape index (κ1) is 44.3. The van der Waals surface area contributed by atoms with Gasteiger partial charge in [0.05, 0.1) is 17.9 Å². The van der Waals surface area contributed by atoms with E-state index < -0.39 is 28.9 Å². The van der Waals surface area contributed by atoms with Crippen molar-refractivity contribution in [3.05, 3.63) is 46.0 Å². The van der Waals surface area contributed by atoms with Gasteiger partial charge in [-0.15, -0.1) is 0 Å². The smallest absolute Gasteiger partial charge is 0.309 e. The number of nitrogens with zero attached hydrogens (tertiary/aromatic N) is 2. The van der Waals surface area contributed by atoms with Crippen molar-refractivity contribution >= 4 is 29.3 Å². The number of aliphatic hydroxyl groups is 1. The number of ether oxygens (including phenoxy) is 1. The first-order chi connectivity index (χ1) is 26.4. The van der Waals surface area contributed by atoms with E-state index in [4.69, 9.17) is 16.3 Å². The number of carbonyl (C=O) groups is 3. The number of hydrogen-bond donors (Lipinski definition) is 2. The van der Waals surface area contributed by atoms with Gasteiger partial charge in [0.1, 0.15) is 6.10 Å². The number of halogens is 1. The van der Waals surface area contributed by atoms with Gasteiger partial charge in [0, 0.05) is 48.5 Å². The molecule has 1 aromatic rings. The van der Waals surface area contributed by atoms with Crippen LogP contribution in [0, 0.1) is 56.2 Å². The van der Waals surface area contributed by atoms with E-state index in [0.29, 0.717) is 36.4 Å². The number of esters is 1. The van der Waals surface area contributed by atoms with Crippen LogP contribution in [0.5, 0.6) is 0 Å². The van der Waals surface area contributed by atoms with Crippen LogP contribution in [0.3, 0.4) is 0 Å². The quantitative estimate of drug-likeness (QED) is 0.190. The Balaban J connectivity index is 1.29. The van der Waals surface area contributed by atoms with Gasteiger partial charge in [-0.05, 0) is 142 Å². The lowest BCUT2D eigenvalue weighted by molar-refractivity contribution is -0.235. The van der Waals surface area contributed by atoms with E-state index in [1.165, 1.54) is 5.57 Å². The molecule has 2 N–H and O–H groups in total. The molecule has 0 unspecified atom stereocenters. The molecule has 5 aliphatic carbocycles. The molecular weight excluding hydrogens is 736 g/mol. The Labute approximate surface area is 348 Å². The predicted molar refractivity (Wildman–Crippen MR) is 227 cm³/mol. The maximum Gasteiger partial charge on any atom is 0.309 e. The molecule has 0 bridgehead atoms. The second-order valence-electron chi connectivity index (χ2n) is 21.7. The van der Waals surface area contributed by atoms with Gasteiger partial charge < -0.3 is 19.8 Å². The largest absolute Gasteiger partial charge is 0.481 e. The van der Waals surface area contributed by atoms with Crippen LogP contribution in [-0.4, -0.2) is 83.7 Å². The molecule has 8 nitrogen and oxygen atoms in total. The lowest BCUT2D eigenvalue weighted by atomic mass is 9.33. The van der Waals surface area contributed by atoms with Crippen LogP contribution in [0.1, 0.15) is 132 Å². The van der Waals surface area contributed by atoms with Crippen molar-refractivity contribution in [2.45, 2.75) is 145 Å².